The molecule has 12 unspecified atom stereocenters. The predicted octanol–water partition coefficient (Wildman–Crippen LogP) is 4.99. The molecule has 2 saturated heterocycles. The van der Waals surface area contributed by atoms with Gasteiger partial charge in [0.2, 0.25) is 5.91 Å². The van der Waals surface area contributed by atoms with E-state index in [1.807, 2.05) is 6.08 Å². The first-order valence-corrected chi connectivity index (χ1v) is 23.6. The fraction of sp³-hybridized carbons (Fsp3) is 0.891. The summed E-state index contributed by atoms with van der Waals surface area (Å²) in [5.41, 5.74) is 0. The number of aliphatic hydroxyl groups is 8. The Hall–Kier alpha value is -1.53. The maximum Gasteiger partial charge on any atom is 0.220 e. The van der Waals surface area contributed by atoms with Gasteiger partial charge in [-0.05, 0) is 25.7 Å². The highest BCUT2D eigenvalue weighted by atomic mass is 16.7. The normalized spacial score (nSPS) is 28.4. The summed E-state index contributed by atoms with van der Waals surface area (Å²) in [6.07, 6.45) is 18.3. The van der Waals surface area contributed by atoms with Gasteiger partial charge in [-0.15, -0.1) is 0 Å². The summed E-state index contributed by atoms with van der Waals surface area (Å²) in [5.74, 6) is -0.252. The van der Waals surface area contributed by atoms with Crippen LogP contribution >= 0.6 is 0 Å². The van der Waals surface area contributed by atoms with Gasteiger partial charge in [0.15, 0.2) is 12.6 Å². The van der Waals surface area contributed by atoms with Crippen molar-refractivity contribution in [1.82, 2.24) is 5.32 Å². The second-order valence-corrected chi connectivity index (χ2v) is 16.9. The summed E-state index contributed by atoms with van der Waals surface area (Å²) in [4.78, 5) is 13.1. The average molecular weight is 860 g/mol. The van der Waals surface area contributed by atoms with E-state index in [-0.39, 0.29) is 18.9 Å². The molecular weight excluding hydrogens is 774 g/mol. The highest BCUT2D eigenvalue weighted by Crippen LogP contribution is 2.30. The third kappa shape index (κ3) is 21.7. The third-order valence-corrected chi connectivity index (χ3v) is 11.6. The summed E-state index contributed by atoms with van der Waals surface area (Å²) in [7, 11) is 0. The zero-order chi connectivity index (χ0) is 44.0. The Balaban J connectivity index is 1.82. The van der Waals surface area contributed by atoms with Crippen LogP contribution in [0.2, 0.25) is 0 Å². The molecule has 0 radical (unpaired) electrons. The maximum absolute atomic E-state index is 13.1. The highest BCUT2D eigenvalue weighted by molar-refractivity contribution is 5.76. The number of hydrogen-bond donors (Lipinski definition) is 9. The van der Waals surface area contributed by atoms with E-state index >= 15 is 0 Å². The number of amides is 1. The Morgan fingerprint density at radius 3 is 1.62 bits per heavy atom. The van der Waals surface area contributed by atoms with Crippen LogP contribution in [0.15, 0.2) is 24.3 Å². The molecule has 0 bridgehead atoms. The molecule has 0 aromatic carbocycles. The van der Waals surface area contributed by atoms with Gasteiger partial charge in [-0.3, -0.25) is 4.79 Å². The van der Waals surface area contributed by atoms with Crippen LogP contribution < -0.4 is 5.32 Å². The highest BCUT2D eigenvalue weighted by Gasteiger charge is 2.50. The fourth-order valence-electron chi connectivity index (χ4n) is 7.70. The lowest BCUT2D eigenvalue weighted by Gasteiger charge is -2.46. The molecule has 2 rings (SSSR count). The molecule has 2 fully saturated rings. The number of carbonyl (C=O) groups is 1. The van der Waals surface area contributed by atoms with E-state index in [1.165, 1.54) is 89.9 Å². The van der Waals surface area contributed by atoms with Gasteiger partial charge in [0.25, 0.3) is 0 Å². The lowest BCUT2D eigenvalue weighted by Crippen LogP contribution is -2.65. The van der Waals surface area contributed by atoms with Crippen LogP contribution in [-0.4, -0.2) is 140 Å². The number of hydrogen-bond acceptors (Lipinski definition) is 13. The largest absolute Gasteiger partial charge is 0.394 e. The Labute approximate surface area is 360 Å². The standard InChI is InChI=1S/C46H85NO13/c1-3-5-7-9-11-13-14-15-16-17-18-19-20-21-22-24-26-28-30-38(51)47-34(35(50)29-27-25-23-12-10-8-6-4-2)33-57-45-43(56)41(54)44(37(32-49)59-45)60-46-42(55)40(53)39(52)36(31-48)58-46/h10,12,27,29,34-37,39-46,48-50,52-56H,3-9,11,13-26,28,30-33H2,1-2H3,(H,47,51)/b12-10+,29-27+. The molecule has 0 spiro atoms. The van der Waals surface area contributed by atoms with E-state index in [2.05, 4.69) is 31.3 Å². The predicted molar refractivity (Wildman–Crippen MR) is 231 cm³/mol. The summed E-state index contributed by atoms with van der Waals surface area (Å²) in [5, 5.41) is 86.3. The Morgan fingerprint density at radius 2 is 1.07 bits per heavy atom. The molecule has 1 amide bonds. The van der Waals surface area contributed by atoms with Gasteiger partial charge in [0, 0.05) is 6.42 Å². The zero-order valence-corrected chi connectivity index (χ0v) is 36.9. The first-order chi connectivity index (χ1) is 29.1. The molecule has 352 valence electrons. The molecule has 0 saturated carbocycles. The van der Waals surface area contributed by atoms with Crippen molar-refractivity contribution in [3.05, 3.63) is 24.3 Å². The first kappa shape index (κ1) is 54.6. The van der Waals surface area contributed by atoms with Gasteiger partial charge in [0.1, 0.15) is 48.8 Å². The van der Waals surface area contributed by atoms with Gasteiger partial charge in [-0.2, -0.15) is 0 Å². The van der Waals surface area contributed by atoms with Crippen molar-refractivity contribution in [3.8, 4) is 0 Å². The molecule has 14 nitrogen and oxygen atoms in total. The molecule has 2 heterocycles. The van der Waals surface area contributed by atoms with Crippen molar-refractivity contribution in [2.24, 2.45) is 0 Å². The number of rotatable bonds is 35. The van der Waals surface area contributed by atoms with Crippen molar-refractivity contribution >= 4 is 5.91 Å². The molecule has 12 atom stereocenters. The van der Waals surface area contributed by atoms with Gasteiger partial charge in [-0.1, -0.05) is 160 Å². The summed E-state index contributed by atoms with van der Waals surface area (Å²) in [6.45, 7) is 2.68. The topological polar surface area (TPSA) is 228 Å². The Kier molecular flexibility index (Phi) is 30.9. The van der Waals surface area contributed by atoms with Gasteiger partial charge < -0.3 is 65.1 Å². The number of nitrogens with one attached hydrogen (secondary N) is 1. The van der Waals surface area contributed by atoms with Crippen molar-refractivity contribution in [2.75, 3.05) is 19.8 Å². The number of ether oxygens (including phenoxy) is 4. The van der Waals surface area contributed by atoms with E-state index in [0.29, 0.717) is 12.8 Å². The molecular formula is C46H85NO13. The van der Waals surface area contributed by atoms with Crippen LogP contribution in [0, 0.1) is 0 Å². The van der Waals surface area contributed by atoms with Crippen molar-refractivity contribution in [1.29, 1.82) is 0 Å². The summed E-state index contributed by atoms with van der Waals surface area (Å²) < 4.78 is 22.6. The molecule has 0 aromatic heterocycles. The lowest BCUT2D eigenvalue weighted by molar-refractivity contribution is -0.359. The van der Waals surface area contributed by atoms with Gasteiger partial charge in [-0.25, -0.2) is 0 Å². The summed E-state index contributed by atoms with van der Waals surface area (Å²) >= 11 is 0. The minimum Gasteiger partial charge on any atom is -0.394 e. The maximum atomic E-state index is 13.1. The second kappa shape index (κ2) is 34.0. The van der Waals surface area contributed by atoms with Crippen molar-refractivity contribution in [2.45, 2.75) is 242 Å². The number of carbonyl (C=O) groups excluding carboxylic acids is 1. The molecule has 2 aliphatic heterocycles. The van der Waals surface area contributed by atoms with E-state index in [1.54, 1.807) is 6.08 Å². The monoisotopic (exact) mass is 860 g/mol. The molecule has 2 aliphatic rings. The van der Waals surface area contributed by atoms with E-state index < -0.39 is 86.8 Å². The van der Waals surface area contributed by atoms with Crippen LogP contribution in [0.25, 0.3) is 0 Å². The minimum absolute atomic E-state index is 0.252. The van der Waals surface area contributed by atoms with Crippen molar-refractivity contribution in [3.63, 3.8) is 0 Å². The van der Waals surface area contributed by atoms with Crippen LogP contribution in [0.1, 0.15) is 168 Å². The van der Waals surface area contributed by atoms with Crippen LogP contribution in [0.3, 0.4) is 0 Å². The smallest absolute Gasteiger partial charge is 0.220 e. The van der Waals surface area contributed by atoms with Crippen molar-refractivity contribution < 1.29 is 64.6 Å². The van der Waals surface area contributed by atoms with Crippen LogP contribution in [0.5, 0.6) is 0 Å². The zero-order valence-electron chi connectivity index (χ0n) is 36.9. The van der Waals surface area contributed by atoms with Gasteiger partial charge in [0.05, 0.1) is 32.0 Å². The molecule has 0 aliphatic carbocycles. The van der Waals surface area contributed by atoms with Crippen LogP contribution in [0.4, 0.5) is 0 Å². The Bertz CT molecular complexity index is 1110. The number of aliphatic hydroxyl groups excluding tert-OH is 8. The van der Waals surface area contributed by atoms with E-state index in [4.69, 9.17) is 18.9 Å². The first-order valence-electron chi connectivity index (χ1n) is 23.6. The second-order valence-electron chi connectivity index (χ2n) is 16.9. The number of unbranched alkanes of at least 4 members (excludes halogenated alkanes) is 20. The van der Waals surface area contributed by atoms with Crippen LogP contribution in [-0.2, 0) is 23.7 Å². The molecule has 9 N–H and O–H groups in total. The molecule has 14 heteroatoms. The average Bonchev–Trinajstić information content (AvgIpc) is 3.24. The Morgan fingerprint density at radius 1 is 0.583 bits per heavy atom. The molecule has 60 heavy (non-hydrogen) atoms. The minimum atomic E-state index is -1.79. The third-order valence-electron chi connectivity index (χ3n) is 11.6. The van der Waals surface area contributed by atoms with Gasteiger partial charge >= 0.3 is 0 Å². The van der Waals surface area contributed by atoms with E-state index in [0.717, 1.165) is 44.9 Å². The number of allylic oxidation sites excluding steroid dienone is 3. The fourth-order valence-corrected chi connectivity index (χ4v) is 7.70. The SMILES string of the molecule is CCCC/C=C/CC/C=C/C(O)C(COC1OC(CO)C(OC2OC(CO)C(O)C(O)C2O)C(O)C1O)NC(=O)CCCCCCCCCCCCCCCCCCCC. The quantitative estimate of drug-likeness (QED) is 0.0303. The van der Waals surface area contributed by atoms with E-state index in [9.17, 15) is 45.6 Å². The molecule has 0 aromatic rings. The summed E-state index contributed by atoms with van der Waals surface area (Å²) in [6, 6.07) is -0.923. The lowest BCUT2D eigenvalue weighted by atomic mass is 9.97.